The van der Waals surface area contributed by atoms with Crippen LogP contribution in [-0.4, -0.2) is 37.9 Å². The third-order valence-electron chi connectivity index (χ3n) is 3.89. The zero-order chi connectivity index (χ0) is 16.3. The van der Waals surface area contributed by atoms with E-state index in [1.807, 2.05) is 6.92 Å². The molecular weight excluding hydrogens is 307 g/mol. The summed E-state index contributed by atoms with van der Waals surface area (Å²) in [6.45, 7) is 4.12. The lowest BCUT2D eigenvalue weighted by molar-refractivity contribution is -0.135. The Labute approximate surface area is 130 Å². The smallest absolute Gasteiger partial charge is 0.241 e. The minimum Gasteiger partial charge on any atom is -0.339 e. The summed E-state index contributed by atoms with van der Waals surface area (Å²) >= 11 is 0. The SMILES string of the molecule is C[C@@H](NS(=O)(=O)c1cccc(F)c1)C(=O)N1CCCC[C@@H]1C. The largest absolute Gasteiger partial charge is 0.339 e. The molecule has 5 nitrogen and oxygen atoms in total. The maximum absolute atomic E-state index is 13.2. The molecule has 22 heavy (non-hydrogen) atoms. The van der Waals surface area contributed by atoms with Crippen LogP contribution in [0.25, 0.3) is 0 Å². The van der Waals surface area contributed by atoms with Crippen molar-refractivity contribution >= 4 is 15.9 Å². The molecule has 0 aliphatic carbocycles. The van der Waals surface area contributed by atoms with E-state index >= 15 is 0 Å². The van der Waals surface area contributed by atoms with Crippen LogP contribution in [0, 0.1) is 5.82 Å². The average Bonchev–Trinajstić information content (AvgIpc) is 2.46. The molecule has 0 unspecified atom stereocenters. The van der Waals surface area contributed by atoms with Crippen LogP contribution in [-0.2, 0) is 14.8 Å². The van der Waals surface area contributed by atoms with Gasteiger partial charge in [-0.05, 0) is 51.3 Å². The molecule has 0 saturated carbocycles. The standard InChI is InChI=1S/C15H21FN2O3S/c1-11-6-3-4-9-18(11)15(19)12(2)17-22(20,21)14-8-5-7-13(16)10-14/h5,7-8,10-12,17H,3-4,6,9H2,1-2H3/t11-,12+/m0/s1. The van der Waals surface area contributed by atoms with Gasteiger partial charge in [-0.1, -0.05) is 6.07 Å². The minimum atomic E-state index is -3.92. The Balaban J connectivity index is 2.10. The molecule has 1 aliphatic heterocycles. The van der Waals surface area contributed by atoms with E-state index in [0.29, 0.717) is 6.54 Å². The molecule has 1 heterocycles. The van der Waals surface area contributed by atoms with Gasteiger partial charge in [0, 0.05) is 12.6 Å². The maximum atomic E-state index is 13.2. The molecule has 1 N–H and O–H groups in total. The Hall–Kier alpha value is -1.47. The van der Waals surface area contributed by atoms with Crippen LogP contribution in [0.5, 0.6) is 0 Å². The van der Waals surface area contributed by atoms with Crippen molar-refractivity contribution in [2.24, 2.45) is 0 Å². The molecule has 122 valence electrons. The average molecular weight is 328 g/mol. The summed E-state index contributed by atoms with van der Waals surface area (Å²) < 4.78 is 39.9. The van der Waals surface area contributed by atoms with Crippen LogP contribution < -0.4 is 4.72 Å². The van der Waals surface area contributed by atoms with E-state index in [2.05, 4.69) is 4.72 Å². The number of nitrogens with one attached hydrogen (secondary N) is 1. The predicted octanol–water partition coefficient (Wildman–Crippen LogP) is 1.89. The molecule has 2 atom stereocenters. The van der Waals surface area contributed by atoms with Crippen LogP contribution in [0.3, 0.4) is 0 Å². The fourth-order valence-electron chi connectivity index (χ4n) is 2.66. The van der Waals surface area contributed by atoms with Crippen LogP contribution in [0.4, 0.5) is 4.39 Å². The second kappa shape index (κ2) is 6.75. The lowest BCUT2D eigenvalue weighted by Gasteiger charge is -2.35. The van der Waals surface area contributed by atoms with Crippen LogP contribution in [0.15, 0.2) is 29.2 Å². The second-order valence-electron chi connectivity index (χ2n) is 5.68. The number of rotatable bonds is 4. The quantitative estimate of drug-likeness (QED) is 0.918. The third-order valence-corrected chi connectivity index (χ3v) is 5.43. The molecule has 7 heteroatoms. The summed E-state index contributed by atoms with van der Waals surface area (Å²) in [7, 11) is -3.92. The number of carbonyl (C=O) groups is 1. The van der Waals surface area contributed by atoms with Gasteiger partial charge in [0.05, 0.1) is 10.9 Å². The molecule has 1 saturated heterocycles. The first-order valence-electron chi connectivity index (χ1n) is 7.39. The van der Waals surface area contributed by atoms with Crippen molar-refractivity contribution in [1.82, 2.24) is 9.62 Å². The summed E-state index contributed by atoms with van der Waals surface area (Å²) in [5.74, 6) is -0.876. The Morgan fingerprint density at radius 3 is 2.77 bits per heavy atom. The van der Waals surface area contributed by atoms with Gasteiger partial charge in [-0.2, -0.15) is 4.72 Å². The Morgan fingerprint density at radius 1 is 1.41 bits per heavy atom. The molecule has 1 fully saturated rings. The van der Waals surface area contributed by atoms with Crippen molar-refractivity contribution in [3.8, 4) is 0 Å². The van der Waals surface area contributed by atoms with Crippen LogP contribution in [0.2, 0.25) is 0 Å². The molecule has 2 rings (SSSR count). The van der Waals surface area contributed by atoms with Gasteiger partial charge in [0.15, 0.2) is 0 Å². The Morgan fingerprint density at radius 2 is 2.14 bits per heavy atom. The number of benzene rings is 1. The normalized spacial score (nSPS) is 20.7. The number of halogens is 1. The number of sulfonamides is 1. The van der Waals surface area contributed by atoms with E-state index in [1.165, 1.54) is 25.1 Å². The van der Waals surface area contributed by atoms with Crippen molar-refractivity contribution in [3.05, 3.63) is 30.1 Å². The number of amides is 1. The monoisotopic (exact) mass is 328 g/mol. The maximum Gasteiger partial charge on any atom is 0.241 e. The molecule has 1 aromatic rings. The first-order chi connectivity index (χ1) is 10.3. The van der Waals surface area contributed by atoms with Crippen molar-refractivity contribution in [2.75, 3.05) is 6.54 Å². The highest BCUT2D eigenvalue weighted by Gasteiger charge is 2.29. The summed E-state index contributed by atoms with van der Waals surface area (Å²) in [6, 6.07) is 3.96. The number of hydrogen-bond donors (Lipinski definition) is 1. The van der Waals surface area contributed by atoms with E-state index < -0.39 is 21.9 Å². The molecule has 1 amide bonds. The third kappa shape index (κ3) is 3.84. The van der Waals surface area contributed by atoms with Crippen LogP contribution >= 0.6 is 0 Å². The topological polar surface area (TPSA) is 66.5 Å². The first-order valence-corrected chi connectivity index (χ1v) is 8.88. The molecule has 0 spiro atoms. The van der Waals surface area contributed by atoms with Gasteiger partial charge < -0.3 is 4.90 Å². The number of nitrogens with zero attached hydrogens (tertiary/aromatic N) is 1. The van der Waals surface area contributed by atoms with Crippen molar-refractivity contribution < 1.29 is 17.6 Å². The van der Waals surface area contributed by atoms with E-state index in [9.17, 15) is 17.6 Å². The minimum absolute atomic E-state index is 0.113. The Bertz CT molecular complexity index is 648. The van der Waals surface area contributed by atoms with Gasteiger partial charge in [0.1, 0.15) is 5.82 Å². The number of hydrogen-bond acceptors (Lipinski definition) is 3. The number of likely N-dealkylation sites (tertiary alicyclic amines) is 1. The fourth-order valence-corrected chi connectivity index (χ4v) is 3.89. The van der Waals surface area contributed by atoms with Gasteiger partial charge in [0.2, 0.25) is 15.9 Å². The fraction of sp³-hybridized carbons (Fsp3) is 0.533. The molecule has 1 aliphatic rings. The summed E-state index contributed by atoms with van der Waals surface area (Å²) in [4.78, 5) is 13.9. The van der Waals surface area contributed by atoms with Crippen molar-refractivity contribution in [1.29, 1.82) is 0 Å². The van der Waals surface area contributed by atoms with E-state index in [-0.39, 0.29) is 16.8 Å². The molecule has 1 aromatic carbocycles. The van der Waals surface area contributed by atoms with E-state index in [0.717, 1.165) is 25.3 Å². The van der Waals surface area contributed by atoms with Gasteiger partial charge in [-0.15, -0.1) is 0 Å². The van der Waals surface area contributed by atoms with Crippen molar-refractivity contribution in [2.45, 2.75) is 50.1 Å². The molecule has 0 radical (unpaired) electrons. The number of carbonyl (C=O) groups excluding carboxylic acids is 1. The summed E-state index contributed by atoms with van der Waals surface area (Å²) in [5.41, 5.74) is 0. The summed E-state index contributed by atoms with van der Waals surface area (Å²) in [5, 5.41) is 0. The van der Waals surface area contributed by atoms with Gasteiger partial charge in [-0.25, -0.2) is 12.8 Å². The lowest BCUT2D eigenvalue weighted by atomic mass is 10.0. The van der Waals surface area contributed by atoms with E-state index in [4.69, 9.17) is 0 Å². The number of piperidine rings is 1. The van der Waals surface area contributed by atoms with Gasteiger partial charge >= 0.3 is 0 Å². The van der Waals surface area contributed by atoms with E-state index in [1.54, 1.807) is 4.90 Å². The van der Waals surface area contributed by atoms with Gasteiger partial charge in [-0.3, -0.25) is 4.79 Å². The highest BCUT2D eigenvalue weighted by Crippen LogP contribution is 2.18. The van der Waals surface area contributed by atoms with Gasteiger partial charge in [0.25, 0.3) is 0 Å². The predicted molar refractivity (Wildman–Crippen MR) is 81.2 cm³/mol. The molecule has 0 aromatic heterocycles. The van der Waals surface area contributed by atoms with Crippen LogP contribution in [0.1, 0.15) is 33.1 Å². The highest BCUT2D eigenvalue weighted by molar-refractivity contribution is 7.89. The zero-order valence-corrected chi connectivity index (χ0v) is 13.6. The Kier molecular flexibility index (Phi) is 5.18. The molecule has 0 bridgehead atoms. The second-order valence-corrected chi connectivity index (χ2v) is 7.39. The molecular formula is C15H21FN2O3S. The first kappa shape index (κ1) is 16.9. The zero-order valence-electron chi connectivity index (χ0n) is 12.8. The lowest BCUT2D eigenvalue weighted by Crippen LogP contribution is -2.51. The highest BCUT2D eigenvalue weighted by atomic mass is 32.2. The summed E-state index contributed by atoms with van der Waals surface area (Å²) in [6.07, 6.45) is 2.93. The van der Waals surface area contributed by atoms with Crippen molar-refractivity contribution in [3.63, 3.8) is 0 Å².